The summed E-state index contributed by atoms with van der Waals surface area (Å²) in [5.74, 6) is 1.89. The number of nitrogens with one attached hydrogen (secondary N) is 1. The number of aromatic amines is 1. The fourth-order valence-electron chi connectivity index (χ4n) is 3.12. The van der Waals surface area contributed by atoms with E-state index < -0.39 is 0 Å². The van der Waals surface area contributed by atoms with Crippen LogP contribution in [0.2, 0.25) is 0 Å². The molecule has 0 saturated carbocycles. The van der Waals surface area contributed by atoms with Crippen LogP contribution in [-0.2, 0) is 6.42 Å². The summed E-state index contributed by atoms with van der Waals surface area (Å²) in [6.07, 6.45) is 4.59. The van der Waals surface area contributed by atoms with E-state index in [2.05, 4.69) is 15.1 Å². The first-order valence-corrected chi connectivity index (χ1v) is 7.86. The van der Waals surface area contributed by atoms with Crippen LogP contribution in [0.25, 0.3) is 0 Å². The van der Waals surface area contributed by atoms with Crippen LogP contribution in [0.3, 0.4) is 0 Å². The van der Waals surface area contributed by atoms with Crippen LogP contribution in [0.1, 0.15) is 59.0 Å². The summed E-state index contributed by atoms with van der Waals surface area (Å²) in [6, 6.07) is 0. The number of aryl methyl sites for hydroxylation is 3. The highest BCUT2D eigenvalue weighted by molar-refractivity contribution is 5.96. The van der Waals surface area contributed by atoms with Crippen molar-refractivity contribution in [3.05, 3.63) is 34.7 Å². The molecule has 1 aliphatic rings. The minimum atomic E-state index is 0.0311. The van der Waals surface area contributed by atoms with E-state index in [-0.39, 0.29) is 11.8 Å². The lowest BCUT2D eigenvalue weighted by atomic mass is 9.96. The summed E-state index contributed by atoms with van der Waals surface area (Å²) in [6.45, 7) is 7.26. The van der Waals surface area contributed by atoms with Crippen LogP contribution in [0.15, 0.2) is 10.7 Å². The highest BCUT2D eigenvalue weighted by Crippen LogP contribution is 2.27. The van der Waals surface area contributed by atoms with Crippen molar-refractivity contribution in [1.29, 1.82) is 0 Å². The number of carbonyl (C=O) groups excluding carboxylic acids is 1. The van der Waals surface area contributed by atoms with Gasteiger partial charge < -0.3 is 14.4 Å². The van der Waals surface area contributed by atoms with Crippen molar-refractivity contribution in [1.82, 2.24) is 20.0 Å². The lowest BCUT2D eigenvalue weighted by Gasteiger charge is -2.31. The van der Waals surface area contributed by atoms with Crippen molar-refractivity contribution in [3.63, 3.8) is 0 Å². The number of piperidine rings is 1. The summed E-state index contributed by atoms with van der Waals surface area (Å²) >= 11 is 0. The van der Waals surface area contributed by atoms with Crippen molar-refractivity contribution < 1.29 is 9.32 Å². The van der Waals surface area contributed by atoms with Crippen molar-refractivity contribution in [2.45, 2.75) is 46.0 Å². The van der Waals surface area contributed by atoms with E-state index in [0.717, 1.165) is 36.6 Å². The second-order valence-electron chi connectivity index (χ2n) is 5.96. The van der Waals surface area contributed by atoms with Crippen molar-refractivity contribution in [2.24, 2.45) is 0 Å². The fourth-order valence-corrected chi connectivity index (χ4v) is 3.12. The first kappa shape index (κ1) is 14.8. The van der Waals surface area contributed by atoms with Gasteiger partial charge >= 0.3 is 0 Å². The van der Waals surface area contributed by atoms with E-state index in [1.165, 1.54) is 0 Å². The molecule has 1 amide bonds. The molecule has 6 nitrogen and oxygen atoms in total. The van der Waals surface area contributed by atoms with Crippen molar-refractivity contribution in [3.8, 4) is 0 Å². The van der Waals surface area contributed by atoms with Gasteiger partial charge in [-0.25, -0.2) is 4.98 Å². The average Bonchev–Trinajstić information content (AvgIpc) is 3.12. The second kappa shape index (κ2) is 5.94. The molecular formula is C16H22N4O2. The molecule has 22 heavy (non-hydrogen) atoms. The Kier molecular flexibility index (Phi) is 4.00. The number of amides is 1. The van der Waals surface area contributed by atoms with Crippen molar-refractivity contribution in [2.75, 3.05) is 13.1 Å². The van der Waals surface area contributed by atoms with Gasteiger partial charge in [-0.1, -0.05) is 12.1 Å². The quantitative estimate of drug-likeness (QED) is 0.945. The standard InChI is InChI=1S/C16H22N4O2/c1-4-13-14(11(3)22-19-13)16(21)20-7-5-6-12(9-20)15-17-8-10(2)18-15/h8,12H,4-7,9H2,1-3H3,(H,17,18)/t12-/m1/s1. The molecule has 0 spiro atoms. The van der Waals surface area contributed by atoms with Crippen LogP contribution in [0, 0.1) is 13.8 Å². The Morgan fingerprint density at radius 2 is 2.32 bits per heavy atom. The average molecular weight is 302 g/mol. The molecule has 3 heterocycles. The molecule has 1 aliphatic heterocycles. The predicted octanol–water partition coefficient (Wildman–Crippen LogP) is 2.60. The zero-order chi connectivity index (χ0) is 15.7. The molecule has 3 rings (SSSR count). The Hall–Kier alpha value is -2.11. The van der Waals surface area contributed by atoms with Gasteiger partial charge in [0.25, 0.3) is 5.91 Å². The molecule has 6 heteroatoms. The van der Waals surface area contributed by atoms with E-state index in [1.54, 1.807) is 6.92 Å². The molecule has 2 aromatic rings. The van der Waals surface area contributed by atoms with Gasteiger partial charge in [-0.15, -0.1) is 0 Å². The van der Waals surface area contributed by atoms with Gasteiger partial charge in [-0.2, -0.15) is 0 Å². The minimum Gasteiger partial charge on any atom is -0.361 e. The van der Waals surface area contributed by atoms with Gasteiger partial charge in [-0.05, 0) is 33.1 Å². The van der Waals surface area contributed by atoms with Crippen molar-refractivity contribution >= 4 is 5.91 Å². The second-order valence-corrected chi connectivity index (χ2v) is 5.96. The van der Waals surface area contributed by atoms with Crippen LogP contribution >= 0.6 is 0 Å². The largest absolute Gasteiger partial charge is 0.361 e. The topological polar surface area (TPSA) is 75.0 Å². The third-order valence-corrected chi connectivity index (χ3v) is 4.30. The van der Waals surface area contributed by atoms with Gasteiger partial charge in [0.1, 0.15) is 17.1 Å². The highest BCUT2D eigenvalue weighted by Gasteiger charge is 2.30. The molecule has 1 N–H and O–H groups in total. The summed E-state index contributed by atoms with van der Waals surface area (Å²) in [5.41, 5.74) is 2.44. The number of hydrogen-bond acceptors (Lipinski definition) is 4. The van der Waals surface area contributed by atoms with Gasteiger partial charge in [0, 0.05) is 30.9 Å². The molecule has 0 aromatic carbocycles. The van der Waals surface area contributed by atoms with Gasteiger partial charge in [0.05, 0.1) is 5.69 Å². The number of carbonyl (C=O) groups is 1. The zero-order valence-electron chi connectivity index (χ0n) is 13.3. The van der Waals surface area contributed by atoms with E-state index in [4.69, 9.17) is 4.52 Å². The molecular weight excluding hydrogens is 280 g/mol. The number of aromatic nitrogens is 3. The van der Waals surface area contributed by atoms with Gasteiger partial charge in [0.15, 0.2) is 0 Å². The molecule has 118 valence electrons. The highest BCUT2D eigenvalue weighted by atomic mass is 16.5. The van der Waals surface area contributed by atoms with Crippen LogP contribution in [0.4, 0.5) is 0 Å². The van der Waals surface area contributed by atoms with E-state index in [1.807, 2.05) is 24.9 Å². The zero-order valence-corrected chi connectivity index (χ0v) is 13.3. The smallest absolute Gasteiger partial charge is 0.259 e. The third kappa shape index (κ3) is 2.65. The number of nitrogens with zero attached hydrogens (tertiary/aromatic N) is 3. The Bertz CT molecular complexity index is 673. The lowest BCUT2D eigenvalue weighted by molar-refractivity contribution is 0.0702. The molecule has 0 aliphatic carbocycles. The first-order chi connectivity index (χ1) is 10.6. The summed E-state index contributed by atoms with van der Waals surface area (Å²) in [7, 11) is 0. The molecule has 1 fully saturated rings. The molecule has 0 bridgehead atoms. The number of H-pyrrole nitrogens is 1. The Morgan fingerprint density at radius 3 is 3.00 bits per heavy atom. The Labute approximate surface area is 129 Å². The number of imidazole rings is 1. The summed E-state index contributed by atoms with van der Waals surface area (Å²) < 4.78 is 5.20. The molecule has 2 aromatic heterocycles. The predicted molar refractivity (Wildman–Crippen MR) is 81.8 cm³/mol. The third-order valence-electron chi connectivity index (χ3n) is 4.30. The minimum absolute atomic E-state index is 0.0311. The molecule has 0 radical (unpaired) electrons. The SMILES string of the molecule is CCc1noc(C)c1C(=O)N1CCC[C@@H](c2ncc(C)[nH]2)C1. The monoisotopic (exact) mass is 302 g/mol. The summed E-state index contributed by atoms with van der Waals surface area (Å²) in [5, 5.41) is 3.99. The van der Waals surface area contributed by atoms with Crippen LogP contribution in [0.5, 0.6) is 0 Å². The maximum absolute atomic E-state index is 12.8. The molecule has 1 atom stereocenters. The van der Waals surface area contributed by atoms with Gasteiger partial charge in [0.2, 0.25) is 0 Å². The summed E-state index contributed by atoms with van der Waals surface area (Å²) in [4.78, 5) is 22.5. The van der Waals surface area contributed by atoms with Crippen LogP contribution < -0.4 is 0 Å². The van der Waals surface area contributed by atoms with Gasteiger partial charge in [-0.3, -0.25) is 4.79 Å². The normalized spacial score (nSPS) is 18.7. The van der Waals surface area contributed by atoms with Crippen LogP contribution in [-0.4, -0.2) is 39.0 Å². The van der Waals surface area contributed by atoms with E-state index >= 15 is 0 Å². The van der Waals surface area contributed by atoms with E-state index in [9.17, 15) is 4.79 Å². The molecule has 1 saturated heterocycles. The fraction of sp³-hybridized carbons (Fsp3) is 0.562. The Morgan fingerprint density at radius 1 is 1.50 bits per heavy atom. The first-order valence-electron chi connectivity index (χ1n) is 7.86. The number of hydrogen-bond donors (Lipinski definition) is 1. The lowest BCUT2D eigenvalue weighted by Crippen LogP contribution is -2.39. The maximum Gasteiger partial charge on any atom is 0.259 e. The number of rotatable bonds is 3. The Balaban J connectivity index is 1.79. The molecule has 0 unspecified atom stereocenters. The van der Waals surface area contributed by atoms with E-state index in [0.29, 0.717) is 24.3 Å². The number of likely N-dealkylation sites (tertiary alicyclic amines) is 1. The maximum atomic E-state index is 12.8.